The molecule has 2 aromatic rings. The summed E-state index contributed by atoms with van der Waals surface area (Å²) in [7, 11) is 0. The van der Waals surface area contributed by atoms with Crippen LogP contribution in [0.5, 0.6) is 5.75 Å². The minimum atomic E-state index is -1.22. The van der Waals surface area contributed by atoms with Gasteiger partial charge in [0.1, 0.15) is 0 Å². The molecule has 0 heterocycles. The Bertz CT molecular complexity index is 870. The van der Waals surface area contributed by atoms with Crippen LogP contribution in [0.1, 0.15) is 17.3 Å². The Hall–Kier alpha value is -3.95. The number of nitro benzene ring substituents is 1. The molecule has 0 aromatic heterocycles. The van der Waals surface area contributed by atoms with Crippen molar-refractivity contribution in [3.8, 4) is 5.75 Å². The molecule has 0 bridgehead atoms. The van der Waals surface area contributed by atoms with Gasteiger partial charge in [0, 0.05) is 11.6 Å². The first-order chi connectivity index (χ1) is 13.4. The lowest BCUT2D eigenvalue weighted by Gasteiger charge is -2.14. The zero-order chi connectivity index (χ0) is 20.5. The smallest absolute Gasteiger partial charge is 0.344 e. The molecule has 0 unspecified atom stereocenters. The van der Waals surface area contributed by atoms with Crippen molar-refractivity contribution in [2.24, 2.45) is 0 Å². The van der Waals surface area contributed by atoms with Gasteiger partial charge < -0.3 is 9.47 Å². The Morgan fingerprint density at radius 3 is 2.36 bits per heavy atom. The molecule has 0 saturated heterocycles. The molecule has 10 heteroatoms. The molecule has 10 nitrogen and oxygen atoms in total. The van der Waals surface area contributed by atoms with E-state index in [2.05, 4.69) is 10.9 Å². The molecule has 1 atom stereocenters. The second kappa shape index (κ2) is 9.67. The quantitative estimate of drug-likeness (QED) is 0.416. The van der Waals surface area contributed by atoms with E-state index in [-0.39, 0.29) is 11.4 Å². The maximum absolute atomic E-state index is 11.9. The van der Waals surface area contributed by atoms with Crippen LogP contribution in [-0.4, -0.2) is 35.4 Å². The number of nitrogens with one attached hydrogen (secondary N) is 2. The van der Waals surface area contributed by atoms with Crippen LogP contribution >= 0.6 is 0 Å². The Morgan fingerprint density at radius 1 is 1.04 bits per heavy atom. The fraction of sp³-hybridized carbons (Fsp3) is 0.167. The topological polar surface area (TPSA) is 137 Å². The number of benzene rings is 2. The van der Waals surface area contributed by atoms with Crippen LogP contribution in [0.3, 0.4) is 0 Å². The molecule has 0 fully saturated rings. The summed E-state index contributed by atoms with van der Waals surface area (Å²) in [6, 6.07) is 13.7. The number of nitrogens with zero attached hydrogens (tertiary/aromatic N) is 1. The van der Waals surface area contributed by atoms with Gasteiger partial charge in [-0.15, -0.1) is 0 Å². The molecule has 0 aliphatic carbocycles. The van der Waals surface area contributed by atoms with Crippen molar-refractivity contribution in [3.05, 3.63) is 70.3 Å². The van der Waals surface area contributed by atoms with Crippen molar-refractivity contribution < 1.29 is 28.8 Å². The molecule has 0 radical (unpaired) electrons. The van der Waals surface area contributed by atoms with E-state index in [1.807, 2.05) is 0 Å². The third-order valence-corrected chi connectivity index (χ3v) is 3.42. The van der Waals surface area contributed by atoms with Gasteiger partial charge >= 0.3 is 11.7 Å². The first kappa shape index (κ1) is 20.4. The molecule has 2 rings (SSSR count). The number of ether oxygens (including phenoxy) is 2. The van der Waals surface area contributed by atoms with Gasteiger partial charge in [-0.25, -0.2) is 4.79 Å². The monoisotopic (exact) mass is 387 g/mol. The largest absolute Gasteiger partial charge is 0.475 e. The first-order valence-corrected chi connectivity index (χ1v) is 8.09. The Balaban J connectivity index is 1.79. The Labute approximate surface area is 159 Å². The van der Waals surface area contributed by atoms with Crippen molar-refractivity contribution in [2.45, 2.75) is 13.0 Å². The van der Waals surface area contributed by atoms with Gasteiger partial charge in [0.2, 0.25) is 0 Å². The predicted octanol–water partition coefficient (Wildman–Crippen LogP) is 1.37. The summed E-state index contributed by atoms with van der Waals surface area (Å²) >= 11 is 0. The molecule has 0 aliphatic rings. The highest BCUT2D eigenvalue weighted by molar-refractivity contribution is 5.95. The number of carbonyl (C=O) groups is 3. The third-order valence-electron chi connectivity index (χ3n) is 3.42. The van der Waals surface area contributed by atoms with Crippen LogP contribution in [0.15, 0.2) is 54.6 Å². The van der Waals surface area contributed by atoms with Gasteiger partial charge in [-0.1, -0.05) is 30.3 Å². The minimum Gasteiger partial charge on any atom is -0.475 e. The van der Waals surface area contributed by atoms with Crippen molar-refractivity contribution >= 4 is 23.5 Å². The lowest BCUT2D eigenvalue weighted by Crippen LogP contribution is -2.47. The molecule has 146 valence electrons. The van der Waals surface area contributed by atoms with Crippen LogP contribution < -0.4 is 15.6 Å². The summed E-state index contributed by atoms with van der Waals surface area (Å²) in [6.07, 6.45) is -1.22. The average molecular weight is 387 g/mol. The van der Waals surface area contributed by atoms with Crippen molar-refractivity contribution in [1.82, 2.24) is 10.9 Å². The molecular weight excluding hydrogens is 370 g/mol. The molecule has 0 saturated carbocycles. The Kier molecular flexibility index (Phi) is 7.03. The highest BCUT2D eigenvalue weighted by Crippen LogP contribution is 2.25. The van der Waals surface area contributed by atoms with Gasteiger partial charge in [0.15, 0.2) is 18.5 Å². The third kappa shape index (κ3) is 5.80. The number of amides is 2. The molecule has 2 N–H and O–H groups in total. The number of hydrogen-bond acceptors (Lipinski definition) is 7. The predicted molar refractivity (Wildman–Crippen MR) is 96.2 cm³/mol. The first-order valence-electron chi connectivity index (χ1n) is 8.09. The van der Waals surface area contributed by atoms with E-state index in [0.29, 0.717) is 5.56 Å². The highest BCUT2D eigenvalue weighted by atomic mass is 16.6. The number of hydrogen-bond donors (Lipinski definition) is 2. The lowest BCUT2D eigenvalue weighted by atomic mass is 10.2. The number of hydrazine groups is 1. The van der Waals surface area contributed by atoms with Crippen molar-refractivity contribution in [1.29, 1.82) is 0 Å². The SMILES string of the molecule is C[C@H](OC(=O)COc1ccccc1[N+](=O)[O-])C(=O)NNC(=O)c1ccccc1. The maximum atomic E-state index is 11.9. The van der Waals surface area contributed by atoms with E-state index < -0.39 is 35.4 Å². The van der Waals surface area contributed by atoms with Crippen molar-refractivity contribution in [2.75, 3.05) is 6.61 Å². The molecular formula is C18H17N3O7. The van der Waals surface area contributed by atoms with Crippen LogP contribution in [0, 0.1) is 10.1 Å². The fourth-order valence-electron chi connectivity index (χ4n) is 2.03. The normalized spacial score (nSPS) is 11.0. The lowest BCUT2D eigenvalue weighted by molar-refractivity contribution is -0.385. The van der Waals surface area contributed by atoms with Gasteiger partial charge in [-0.3, -0.25) is 30.6 Å². The molecule has 0 spiro atoms. The van der Waals surface area contributed by atoms with E-state index in [0.717, 1.165) is 0 Å². The summed E-state index contributed by atoms with van der Waals surface area (Å²) in [5.74, 6) is -2.30. The van der Waals surface area contributed by atoms with E-state index in [1.54, 1.807) is 30.3 Å². The standard InChI is InChI=1S/C18H17N3O7/c1-12(17(23)19-20-18(24)13-7-3-2-4-8-13)28-16(22)11-27-15-10-6-5-9-14(15)21(25)26/h2-10,12H,11H2,1H3,(H,19,23)(H,20,24)/t12-/m0/s1. The van der Waals surface area contributed by atoms with Crippen LogP contribution in [0.4, 0.5) is 5.69 Å². The summed E-state index contributed by atoms with van der Waals surface area (Å²) < 4.78 is 9.95. The minimum absolute atomic E-state index is 0.100. The van der Waals surface area contributed by atoms with Gasteiger partial charge in [0.25, 0.3) is 11.8 Å². The number of nitro groups is 1. The molecule has 0 aliphatic heterocycles. The highest BCUT2D eigenvalue weighted by Gasteiger charge is 2.20. The second-order valence-corrected chi connectivity index (χ2v) is 5.45. The van der Waals surface area contributed by atoms with E-state index >= 15 is 0 Å². The van der Waals surface area contributed by atoms with E-state index in [1.165, 1.54) is 31.2 Å². The fourth-order valence-corrected chi connectivity index (χ4v) is 2.03. The summed E-state index contributed by atoms with van der Waals surface area (Å²) in [4.78, 5) is 45.8. The van der Waals surface area contributed by atoms with E-state index in [9.17, 15) is 24.5 Å². The maximum Gasteiger partial charge on any atom is 0.344 e. The zero-order valence-corrected chi connectivity index (χ0v) is 14.8. The molecule has 2 amide bonds. The van der Waals surface area contributed by atoms with Crippen LogP contribution in [-0.2, 0) is 14.3 Å². The molecule has 2 aromatic carbocycles. The average Bonchev–Trinajstić information content (AvgIpc) is 2.70. The number of para-hydroxylation sites is 2. The zero-order valence-electron chi connectivity index (χ0n) is 14.8. The summed E-state index contributed by atoms with van der Waals surface area (Å²) in [5.41, 5.74) is 4.37. The van der Waals surface area contributed by atoms with E-state index in [4.69, 9.17) is 9.47 Å². The number of esters is 1. The van der Waals surface area contributed by atoms with Gasteiger partial charge in [-0.2, -0.15) is 0 Å². The summed E-state index contributed by atoms with van der Waals surface area (Å²) in [5, 5.41) is 10.9. The van der Waals surface area contributed by atoms with Gasteiger partial charge in [-0.05, 0) is 25.1 Å². The Morgan fingerprint density at radius 2 is 1.68 bits per heavy atom. The summed E-state index contributed by atoms with van der Waals surface area (Å²) in [6.45, 7) is 0.672. The number of carbonyl (C=O) groups excluding carboxylic acids is 3. The molecule has 28 heavy (non-hydrogen) atoms. The number of rotatable bonds is 7. The van der Waals surface area contributed by atoms with Crippen LogP contribution in [0.2, 0.25) is 0 Å². The second-order valence-electron chi connectivity index (χ2n) is 5.45. The van der Waals surface area contributed by atoms with Crippen LogP contribution in [0.25, 0.3) is 0 Å². The van der Waals surface area contributed by atoms with Crippen molar-refractivity contribution in [3.63, 3.8) is 0 Å². The van der Waals surface area contributed by atoms with Gasteiger partial charge in [0.05, 0.1) is 4.92 Å².